The van der Waals surface area contributed by atoms with E-state index in [0.29, 0.717) is 0 Å². The fourth-order valence-corrected chi connectivity index (χ4v) is 1.03. The molecule has 1 aromatic rings. The highest BCUT2D eigenvalue weighted by Gasteiger charge is 2.12. The predicted molar refractivity (Wildman–Crippen MR) is 46.6 cm³/mol. The lowest BCUT2D eigenvalue weighted by Crippen LogP contribution is -2.11. The van der Waals surface area contributed by atoms with Crippen molar-refractivity contribution in [3.63, 3.8) is 0 Å². The molecule has 0 saturated heterocycles. The standard InChI is InChI=1S/C9H9F3N2/c10-6-3-1-5(2-4-7(13)14)8(11)9(6)12/h1,3H,2,4H2,(H3,13,14). The van der Waals surface area contributed by atoms with Gasteiger partial charge < -0.3 is 5.73 Å². The molecule has 2 nitrogen and oxygen atoms in total. The van der Waals surface area contributed by atoms with Crippen molar-refractivity contribution in [1.82, 2.24) is 0 Å². The van der Waals surface area contributed by atoms with E-state index in [1.54, 1.807) is 0 Å². The highest BCUT2D eigenvalue weighted by molar-refractivity contribution is 5.77. The summed E-state index contributed by atoms with van der Waals surface area (Å²) in [4.78, 5) is 0. The fraction of sp³-hybridized carbons (Fsp3) is 0.222. The molecule has 0 aromatic heterocycles. The van der Waals surface area contributed by atoms with E-state index in [-0.39, 0.29) is 24.2 Å². The van der Waals surface area contributed by atoms with Gasteiger partial charge in [-0.2, -0.15) is 0 Å². The maximum atomic E-state index is 13.0. The molecule has 0 bridgehead atoms. The number of halogens is 3. The van der Waals surface area contributed by atoms with Gasteiger partial charge in [-0.3, -0.25) is 5.41 Å². The first-order chi connectivity index (χ1) is 6.52. The van der Waals surface area contributed by atoms with Crippen LogP contribution in [-0.4, -0.2) is 5.84 Å². The Morgan fingerprint density at radius 3 is 2.43 bits per heavy atom. The average Bonchev–Trinajstić information content (AvgIpc) is 2.13. The van der Waals surface area contributed by atoms with Crippen molar-refractivity contribution in [3.05, 3.63) is 35.1 Å². The Hall–Kier alpha value is -1.52. The minimum Gasteiger partial charge on any atom is -0.388 e. The van der Waals surface area contributed by atoms with Crippen molar-refractivity contribution < 1.29 is 13.2 Å². The number of hydrogen-bond donors (Lipinski definition) is 2. The fourth-order valence-electron chi connectivity index (χ4n) is 1.03. The van der Waals surface area contributed by atoms with Crippen LogP contribution < -0.4 is 5.73 Å². The van der Waals surface area contributed by atoms with E-state index in [9.17, 15) is 13.2 Å². The third kappa shape index (κ3) is 2.25. The van der Waals surface area contributed by atoms with Crippen molar-refractivity contribution in [2.75, 3.05) is 0 Å². The van der Waals surface area contributed by atoms with Gasteiger partial charge in [0.2, 0.25) is 0 Å². The maximum Gasteiger partial charge on any atom is 0.194 e. The van der Waals surface area contributed by atoms with E-state index < -0.39 is 17.5 Å². The first kappa shape index (κ1) is 10.6. The maximum absolute atomic E-state index is 13.0. The molecule has 1 rings (SSSR count). The summed E-state index contributed by atoms with van der Waals surface area (Å²) in [6, 6.07) is 2.00. The molecule has 3 N–H and O–H groups in total. The minimum atomic E-state index is -1.48. The monoisotopic (exact) mass is 202 g/mol. The third-order valence-electron chi connectivity index (χ3n) is 1.78. The summed E-state index contributed by atoms with van der Waals surface area (Å²) in [7, 11) is 0. The van der Waals surface area contributed by atoms with Gasteiger partial charge >= 0.3 is 0 Å². The van der Waals surface area contributed by atoms with Crippen molar-refractivity contribution >= 4 is 5.84 Å². The zero-order valence-electron chi connectivity index (χ0n) is 7.28. The lowest BCUT2D eigenvalue weighted by atomic mass is 10.1. The van der Waals surface area contributed by atoms with E-state index >= 15 is 0 Å². The molecule has 1 aromatic carbocycles. The summed E-state index contributed by atoms with van der Waals surface area (Å²) in [5.41, 5.74) is 5.08. The van der Waals surface area contributed by atoms with Gasteiger partial charge in [0.15, 0.2) is 17.5 Å². The highest BCUT2D eigenvalue weighted by Crippen LogP contribution is 2.16. The van der Waals surface area contributed by atoms with E-state index in [2.05, 4.69) is 0 Å². The van der Waals surface area contributed by atoms with Gasteiger partial charge in [-0.05, 0) is 18.1 Å². The van der Waals surface area contributed by atoms with Crippen molar-refractivity contribution in [3.8, 4) is 0 Å². The molecule has 5 heteroatoms. The molecule has 0 aliphatic carbocycles. The molecular formula is C9H9F3N2. The van der Waals surface area contributed by atoms with Crippen molar-refractivity contribution in [2.24, 2.45) is 5.73 Å². The molecule has 0 atom stereocenters. The van der Waals surface area contributed by atoms with Gasteiger partial charge in [-0.25, -0.2) is 13.2 Å². The van der Waals surface area contributed by atoms with E-state index in [1.165, 1.54) is 0 Å². The second-order valence-electron chi connectivity index (χ2n) is 2.86. The normalized spacial score (nSPS) is 10.2. The average molecular weight is 202 g/mol. The molecule has 0 heterocycles. The number of nitrogens with one attached hydrogen (secondary N) is 1. The lowest BCUT2D eigenvalue weighted by Gasteiger charge is -2.03. The molecule has 0 saturated carbocycles. The van der Waals surface area contributed by atoms with Crippen LogP contribution in [0.5, 0.6) is 0 Å². The van der Waals surface area contributed by atoms with Crippen LogP contribution in [0.3, 0.4) is 0 Å². The summed E-state index contributed by atoms with van der Waals surface area (Å²) in [5.74, 6) is -4.01. The summed E-state index contributed by atoms with van der Waals surface area (Å²) in [6.07, 6.45) is 0.223. The topological polar surface area (TPSA) is 49.9 Å². The Morgan fingerprint density at radius 2 is 1.86 bits per heavy atom. The highest BCUT2D eigenvalue weighted by atomic mass is 19.2. The van der Waals surface area contributed by atoms with Gasteiger partial charge in [-0.1, -0.05) is 6.07 Å². The Balaban J connectivity index is 2.88. The van der Waals surface area contributed by atoms with Crippen LogP contribution in [0.1, 0.15) is 12.0 Å². The summed E-state index contributed by atoms with van der Waals surface area (Å²) < 4.78 is 38.1. The van der Waals surface area contributed by atoms with Gasteiger partial charge in [0.25, 0.3) is 0 Å². The Kier molecular flexibility index (Phi) is 3.11. The number of benzene rings is 1. The molecule has 76 valence electrons. The Bertz CT molecular complexity index is 363. The number of amidine groups is 1. The minimum absolute atomic E-state index is 0.0269. The molecule has 0 radical (unpaired) electrons. The van der Waals surface area contributed by atoms with Gasteiger partial charge in [0.1, 0.15) is 0 Å². The smallest absolute Gasteiger partial charge is 0.194 e. The molecule has 0 unspecified atom stereocenters. The largest absolute Gasteiger partial charge is 0.388 e. The summed E-state index contributed by atoms with van der Waals surface area (Å²) >= 11 is 0. The van der Waals surface area contributed by atoms with Crippen molar-refractivity contribution in [1.29, 1.82) is 5.41 Å². The second kappa shape index (κ2) is 4.13. The quantitative estimate of drug-likeness (QED) is 0.439. The van der Waals surface area contributed by atoms with Crippen molar-refractivity contribution in [2.45, 2.75) is 12.8 Å². The van der Waals surface area contributed by atoms with Crippen LogP contribution >= 0.6 is 0 Å². The summed E-state index contributed by atoms with van der Waals surface area (Å²) in [5, 5.41) is 6.90. The van der Waals surface area contributed by atoms with E-state index in [1.807, 2.05) is 0 Å². The number of hydrogen-bond acceptors (Lipinski definition) is 1. The number of aryl methyl sites for hydroxylation is 1. The van der Waals surface area contributed by atoms with E-state index in [0.717, 1.165) is 12.1 Å². The molecule has 0 spiro atoms. The van der Waals surface area contributed by atoms with Crippen LogP contribution in [0, 0.1) is 22.9 Å². The van der Waals surface area contributed by atoms with Gasteiger partial charge in [0, 0.05) is 6.42 Å². The molecule has 0 aliphatic rings. The molecule has 14 heavy (non-hydrogen) atoms. The van der Waals surface area contributed by atoms with Crippen LogP contribution in [0.2, 0.25) is 0 Å². The summed E-state index contributed by atoms with van der Waals surface area (Å²) in [6.45, 7) is 0. The lowest BCUT2D eigenvalue weighted by molar-refractivity contribution is 0.441. The zero-order valence-corrected chi connectivity index (χ0v) is 7.28. The van der Waals surface area contributed by atoms with Crippen LogP contribution in [0.25, 0.3) is 0 Å². The van der Waals surface area contributed by atoms with Gasteiger partial charge in [-0.15, -0.1) is 0 Å². The molecule has 0 fully saturated rings. The van der Waals surface area contributed by atoms with Crippen LogP contribution in [0.4, 0.5) is 13.2 Å². The van der Waals surface area contributed by atoms with Crippen LogP contribution in [-0.2, 0) is 6.42 Å². The van der Waals surface area contributed by atoms with Gasteiger partial charge in [0.05, 0.1) is 5.84 Å². The second-order valence-corrected chi connectivity index (χ2v) is 2.86. The number of rotatable bonds is 3. The first-order valence-corrected chi connectivity index (χ1v) is 3.97. The third-order valence-corrected chi connectivity index (χ3v) is 1.78. The number of nitrogens with two attached hydrogens (primary N) is 1. The van der Waals surface area contributed by atoms with E-state index in [4.69, 9.17) is 11.1 Å². The molecule has 0 amide bonds. The Morgan fingerprint density at radius 1 is 1.21 bits per heavy atom. The van der Waals surface area contributed by atoms with Crippen LogP contribution in [0.15, 0.2) is 12.1 Å². The molecule has 0 aliphatic heterocycles. The Labute approximate surface area is 79.0 Å². The predicted octanol–water partition coefficient (Wildman–Crippen LogP) is 1.97. The SMILES string of the molecule is N=C(N)CCc1ccc(F)c(F)c1F. The first-order valence-electron chi connectivity index (χ1n) is 3.97. The zero-order chi connectivity index (χ0) is 10.7. The molecular weight excluding hydrogens is 193 g/mol.